The van der Waals surface area contributed by atoms with Crippen LogP contribution in [0.3, 0.4) is 0 Å². The van der Waals surface area contributed by atoms with E-state index < -0.39 is 0 Å². The fraction of sp³-hybridized carbons (Fsp3) is 0.167. The molecular formula is C12H11Cl2N3O. The summed E-state index contributed by atoms with van der Waals surface area (Å²) in [7, 11) is 0. The van der Waals surface area contributed by atoms with Gasteiger partial charge in [-0.1, -0.05) is 29.3 Å². The average molecular weight is 284 g/mol. The number of nitrogens with zero attached hydrogens (tertiary/aromatic N) is 2. The molecule has 18 heavy (non-hydrogen) atoms. The lowest BCUT2D eigenvalue weighted by atomic mass is 10.3. The minimum Gasteiger partial charge on any atom is -0.437 e. The Labute approximate surface area is 115 Å². The summed E-state index contributed by atoms with van der Waals surface area (Å²) in [6.45, 7) is 2.06. The summed E-state index contributed by atoms with van der Waals surface area (Å²) in [5.74, 6) is 1.44. The first kappa shape index (κ1) is 13.1. The molecule has 0 aliphatic heterocycles. The third-order valence-electron chi connectivity index (χ3n) is 2.29. The van der Waals surface area contributed by atoms with Crippen molar-refractivity contribution >= 4 is 23.2 Å². The summed E-state index contributed by atoms with van der Waals surface area (Å²) in [5, 5.41) is 0.771. The molecule has 0 spiro atoms. The molecule has 0 aliphatic rings. The van der Waals surface area contributed by atoms with Gasteiger partial charge < -0.3 is 10.5 Å². The fourth-order valence-corrected chi connectivity index (χ4v) is 1.70. The van der Waals surface area contributed by atoms with E-state index >= 15 is 0 Å². The number of benzene rings is 1. The average Bonchev–Trinajstić information content (AvgIpc) is 2.35. The molecular weight excluding hydrogens is 273 g/mol. The van der Waals surface area contributed by atoms with Crippen molar-refractivity contribution in [1.82, 2.24) is 9.97 Å². The fourth-order valence-electron chi connectivity index (χ4n) is 1.37. The molecule has 1 heterocycles. The monoisotopic (exact) mass is 283 g/mol. The highest BCUT2D eigenvalue weighted by Gasteiger charge is 2.11. The minimum absolute atomic E-state index is 0.286. The molecule has 6 heteroatoms. The van der Waals surface area contributed by atoms with Gasteiger partial charge in [0, 0.05) is 18.3 Å². The van der Waals surface area contributed by atoms with Gasteiger partial charge in [-0.05, 0) is 19.1 Å². The van der Waals surface area contributed by atoms with E-state index in [1.54, 1.807) is 31.3 Å². The van der Waals surface area contributed by atoms with Crippen molar-refractivity contribution in [1.29, 1.82) is 0 Å². The molecule has 0 aliphatic carbocycles. The molecule has 2 aromatic rings. The van der Waals surface area contributed by atoms with Crippen LogP contribution in [0.1, 0.15) is 11.4 Å². The van der Waals surface area contributed by atoms with Crippen molar-refractivity contribution in [3.8, 4) is 11.6 Å². The number of nitrogens with two attached hydrogens (primary N) is 1. The van der Waals surface area contributed by atoms with E-state index in [0.29, 0.717) is 33.1 Å². The predicted octanol–water partition coefficient (Wildman–Crippen LogP) is 3.34. The summed E-state index contributed by atoms with van der Waals surface area (Å²) < 4.78 is 5.65. The van der Waals surface area contributed by atoms with Crippen LogP contribution in [0.4, 0.5) is 0 Å². The van der Waals surface area contributed by atoms with Gasteiger partial charge in [0.05, 0.1) is 5.02 Å². The van der Waals surface area contributed by atoms with Crippen molar-refractivity contribution in [2.75, 3.05) is 0 Å². The molecule has 94 valence electrons. The zero-order valence-corrected chi connectivity index (χ0v) is 11.2. The van der Waals surface area contributed by atoms with E-state index in [-0.39, 0.29) is 6.54 Å². The highest BCUT2D eigenvalue weighted by atomic mass is 35.5. The quantitative estimate of drug-likeness (QED) is 0.939. The maximum atomic E-state index is 6.05. The third-order valence-corrected chi connectivity index (χ3v) is 3.09. The summed E-state index contributed by atoms with van der Waals surface area (Å²) >= 11 is 12.0. The number of rotatable bonds is 3. The lowest BCUT2D eigenvalue weighted by Gasteiger charge is -2.10. The molecule has 0 radical (unpaired) electrons. The Balaban J connectivity index is 2.39. The molecule has 2 N–H and O–H groups in total. The molecule has 0 saturated carbocycles. The topological polar surface area (TPSA) is 61.0 Å². The highest BCUT2D eigenvalue weighted by molar-refractivity contribution is 6.42. The smallest absolute Gasteiger partial charge is 0.227 e. The number of ether oxygens (including phenoxy) is 1. The van der Waals surface area contributed by atoms with Gasteiger partial charge in [-0.15, -0.1) is 0 Å². The van der Waals surface area contributed by atoms with Gasteiger partial charge in [0.2, 0.25) is 5.88 Å². The lowest BCUT2D eigenvalue weighted by molar-refractivity contribution is 0.453. The second-order valence-electron chi connectivity index (χ2n) is 3.61. The van der Waals surface area contributed by atoms with Crippen LogP contribution in [0.5, 0.6) is 11.6 Å². The number of aryl methyl sites for hydroxylation is 1. The molecule has 0 atom stereocenters. The number of hydrogen-bond donors (Lipinski definition) is 1. The SMILES string of the molecule is Cc1ncc(CN)c(Oc2cccc(Cl)c2Cl)n1. The molecule has 2 rings (SSSR count). The second kappa shape index (κ2) is 5.52. The largest absolute Gasteiger partial charge is 0.437 e. The maximum absolute atomic E-state index is 6.05. The Morgan fingerprint density at radius 3 is 2.83 bits per heavy atom. The van der Waals surface area contributed by atoms with Crippen molar-refractivity contribution in [3.63, 3.8) is 0 Å². The van der Waals surface area contributed by atoms with E-state index in [1.807, 2.05) is 0 Å². The summed E-state index contributed by atoms with van der Waals surface area (Å²) in [4.78, 5) is 8.26. The van der Waals surface area contributed by atoms with Gasteiger partial charge in [-0.3, -0.25) is 0 Å². The summed E-state index contributed by atoms with van der Waals surface area (Å²) in [6.07, 6.45) is 1.64. The zero-order chi connectivity index (χ0) is 13.1. The molecule has 0 amide bonds. The summed E-state index contributed by atoms with van der Waals surface area (Å²) in [5.41, 5.74) is 6.31. The molecule has 0 unspecified atom stereocenters. The number of aromatic nitrogens is 2. The Morgan fingerprint density at radius 1 is 1.33 bits per heavy atom. The Bertz CT molecular complexity index is 575. The van der Waals surface area contributed by atoms with Crippen molar-refractivity contribution in [2.24, 2.45) is 5.73 Å². The van der Waals surface area contributed by atoms with E-state index in [2.05, 4.69) is 9.97 Å². The highest BCUT2D eigenvalue weighted by Crippen LogP contribution is 2.34. The van der Waals surface area contributed by atoms with Crippen molar-refractivity contribution in [3.05, 3.63) is 45.8 Å². The van der Waals surface area contributed by atoms with Crippen LogP contribution in [0, 0.1) is 6.92 Å². The van der Waals surface area contributed by atoms with E-state index in [1.165, 1.54) is 0 Å². The molecule has 0 fully saturated rings. The van der Waals surface area contributed by atoms with Crippen molar-refractivity contribution in [2.45, 2.75) is 13.5 Å². The van der Waals surface area contributed by atoms with Gasteiger partial charge in [-0.25, -0.2) is 4.98 Å². The van der Waals surface area contributed by atoms with E-state index in [4.69, 9.17) is 33.7 Å². The third kappa shape index (κ3) is 2.72. The zero-order valence-electron chi connectivity index (χ0n) is 9.65. The second-order valence-corrected chi connectivity index (χ2v) is 4.39. The van der Waals surface area contributed by atoms with Crippen LogP contribution in [0.15, 0.2) is 24.4 Å². The Morgan fingerprint density at radius 2 is 2.11 bits per heavy atom. The molecule has 0 bridgehead atoms. The summed E-state index contributed by atoms with van der Waals surface area (Å²) in [6, 6.07) is 5.15. The molecule has 1 aromatic carbocycles. The van der Waals surface area contributed by atoms with Gasteiger partial charge >= 0.3 is 0 Å². The number of hydrogen-bond acceptors (Lipinski definition) is 4. The van der Waals surface area contributed by atoms with Gasteiger partial charge in [0.25, 0.3) is 0 Å². The van der Waals surface area contributed by atoms with Crippen LogP contribution in [-0.2, 0) is 6.54 Å². The molecule has 0 saturated heterocycles. The normalized spacial score (nSPS) is 10.4. The van der Waals surface area contributed by atoms with Crippen LogP contribution in [0.2, 0.25) is 10.0 Å². The molecule has 1 aromatic heterocycles. The first-order valence-electron chi connectivity index (χ1n) is 5.26. The van der Waals surface area contributed by atoms with Gasteiger partial charge in [0.1, 0.15) is 16.6 Å². The van der Waals surface area contributed by atoms with E-state index in [0.717, 1.165) is 0 Å². The Hall–Kier alpha value is -1.36. The van der Waals surface area contributed by atoms with Crippen LogP contribution in [0.25, 0.3) is 0 Å². The van der Waals surface area contributed by atoms with Gasteiger partial charge in [0.15, 0.2) is 0 Å². The van der Waals surface area contributed by atoms with Crippen LogP contribution >= 0.6 is 23.2 Å². The van der Waals surface area contributed by atoms with Gasteiger partial charge in [-0.2, -0.15) is 4.98 Å². The van der Waals surface area contributed by atoms with E-state index in [9.17, 15) is 0 Å². The lowest BCUT2D eigenvalue weighted by Crippen LogP contribution is -2.04. The maximum Gasteiger partial charge on any atom is 0.227 e. The van der Waals surface area contributed by atoms with Crippen molar-refractivity contribution < 1.29 is 4.74 Å². The Kier molecular flexibility index (Phi) is 4.01. The first-order valence-corrected chi connectivity index (χ1v) is 6.02. The van der Waals surface area contributed by atoms with Crippen LogP contribution < -0.4 is 10.5 Å². The minimum atomic E-state index is 0.286. The predicted molar refractivity (Wildman–Crippen MR) is 71.2 cm³/mol. The standard InChI is InChI=1S/C12H11Cl2N3O/c1-7-16-6-8(5-15)12(17-7)18-10-4-2-3-9(13)11(10)14/h2-4,6H,5,15H2,1H3. The van der Waals surface area contributed by atoms with Crippen LogP contribution in [-0.4, -0.2) is 9.97 Å². The number of halogens is 2. The first-order chi connectivity index (χ1) is 8.61. The molecule has 4 nitrogen and oxygen atoms in total.